The fraction of sp³-hybridized carbons (Fsp3) is 0.692. The highest BCUT2D eigenvalue weighted by atomic mass is 32.2. The Bertz CT molecular complexity index is 648. The van der Waals surface area contributed by atoms with Crippen molar-refractivity contribution < 1.29 is 8.73 Å². The van der Waals surface area contributed by atoms with Crippen LogP contribution in [0.4, 0.5) is 5.13 Å². The zero-order valence-corrected chi connectivity index (χ0v) is 14.3. The molecule has 1 unspecified atom stereocenters. The van der Waals surface area contributed by atoms with Gasteiger partial charge in [0.05, 0.1) is 5.75 Å². The maximum Gasteiger partial charge on any atom is 0.239 e. The first-order chi connectivity index (χ1) is 10.6. The van der Waals surface area contributed by atoms with E-state index in [2.05, 4.69) is 19.5 Å². The third kappa shape index (κ3) is 3.70. The summed E-state index contributed by atoms with van der Waals surface area (Å²) < 4.78 is 21.6. The van der Waals surface area contributed by atoms with Crippen molar-refractivity contribution >= 4 is 27.5 Å². The highest BCUT2D eigenvalue weighted by Gasteiger charge is 2.23. The molecule has 1 saturated carbocycles. The van der Waals surface area contributed by atoms with Crippen molar-refractivity contribution in [3.8, 4) is 0 Å². The van der Waals surface area contributed by atoms with Gasteiger partial charge < -0.3 is 9.42 Å². The van der Waals surface area contributed by atoms with E-state index in [0.29, 0.717) is 23.4 Å². The number of rotatable bonds is 6. The Hall–Kier alpha value is -1.35. The summed E-state index contributed by atoms with van der Waals surface area (Å²) in [6.45, 7) is 0. The van der Waals surface area contributed by atoms with Crippen molar-refractivity contribution in [1.29, 1.82) is 0 Å². The van der Waals surface area contributed by atoms with Crippen molar-refractivity contribution in [2.75, 3.05) is 19.0 Å². The van der Waals surface area contributed by atoms with Gasteiger partial charge in [-0.1, -0.05) is 18.0 Å². The molecule has 0 aliphatic heterocycles. The number of hydrogen-bond donors (Lipinski definition) is 0. The fourth-order valence-electron chi connectivity index (χ4n) is 2.49. The van der Waals surface area contributed by atoms with Crippen molar-refractivity contribution in [2.24, 2.45) is 0 Å². The van der Waals surface area contributed by atoms with Crippen LogP contribution < -0.4 is 4.90 Å². The van der Waals surface area contributed by atoms with Gasteiger partial charge >= 0.3 is 0 Å². The molecular formula is C13H19N5O2S2. The normalized spacial score (nSPS) is 17.0. The zero-order chi connectivity index (χ0) is 15.5. The van der Waals surface area contributed by atoms with Gasteiger partial charge in [0, 0.05) is 42.3 Å². The minimum Gasteiger partial charge on any atom is -0.353 e. The fourth-order valence-corrected chi connectivity index (χ4v) is 4.09. The average molecular weight is 341 g/mol. The van der Waals surface area contributed by atoms with Crippen molar-refractivity contribution in [3.63, 3.8) is 0 Å². The number of nitrogens with zero attached hydrogens (tertiary/aromatic N) is 5. The van der Waals surface area contributed by atoms with Gasteiger partial charge in [0.1, 0.15) is 5.75 Å². The topological polar surface area (TPSA) is 85.0 Å². The van der Waals surface area contributed by atoms with Gasteiger partial charge in [0.25, 0.3) is 0 Å². The first-order valence-corrected chi connectivity index (χ1v) is 9.55. The molecule has 7 nitrogen and oxygen atoms in total. The van der Waals surface area contributed by atoms with Gasteiger partial charge in [0.2, 0.25) is 11.0 Å². The Morgan fingerprint density at radius 2 is 2.05 bits per heavy atom. The SMILES string of the molecule is CN(C)c1nc(CS(=O)Cc2nc(C3CCCC3)no2)ns1. The Balaban J connectivity index is 1.57. The summed E-state index contributed by atoms with van der Waals surface area (Å²) >= 11 is 1.31. The maximum absolute atomic E-state index is 12.2. The van der Waals surface area contributed by atoms with Crippen LogP contribution in [0.5, 0.6) is 0 Å². The van der Waals surface area contributed by atoms with E-state index in [1.807, 2.05) is 19.0 Å². The molecule has 0 saturated heterocycles. The van der Waals surface area contributed by atoms with Crippen LogP contribution in [-0.2, 0) is 22.3 Å². The molecule has 0 N–H and O–H groups in total. The lowest BCUT2D eigenvalue weighted by Crippen LogP contribution is -2.08. The first kappa shape index (κ1) is 15.5. The molecule has 22 heavy (non-hydrogen) atoms. The largest absolute Gasteiger partial charge is 0.353 e. The van der Waals surface area contributed by atoms with Crippen LogP contribution >= 0.6 is 11.5 Å². The molecule has 0 amide bonds. The van der Waals surface area contributed by atoms with Crippen LogP contribution in [0.25, 0.3) is 0 Å². The molecule has 1 atom stereocenters. The second-order valence-electron chi connectivity index (χ2n) is 5.64. The molecule has 1 aliphatic carbocycles. The lowest BCUT2D eigenvalue weighted by molar-refractivity contribution is 0.380. The summed E-state index contributed by atoms with van der Waals surface area (Å²) in [6, 6.07) is 0. The Morgan fingerprint density at radius 1 is 1.27 bits per heavy atom. The Labute approximate surface area is 135 Å². The van der Waals surface area contributed by atoms with Crippen LogP contribution in [0.1, 0.15) is 49.1 Å². The van der Waals surface area contributed by atoms with Crippen LogP contribution in [0, 0.1) is 0 Å². The molecule has 0 bridgehead atoms. The van der Waals surface area contributed by atoms with E-state index >= 15 is 0 Å². The molecule has 2 aromatic rings. The molecular weight excluding hydrogens is 322 g/mol. The first-order valence-electron chi connectivity index (χ1n) is 7.29. The van der Waals surface area contributed by atoms with Gasteiger partial charge in [-0.2, -0.15) is 9.36 Å². The minimum atomic E-state index is -1.14. The third-order valence-electron chi connectivity index (χ3n) is 3.62. The monoisotopic (exact) mass is 341 g/mol. The van der Waals surface area contributed by atoms with E-state index in [-0.39, 0.29) is 5.75 Å². The van der Waals surface area contributed by atoms with Crippen LogP contribution in [0.15, 0.2) is 4.52 Å². The molecule has 1 fully saturated rings. The van der Waals surface area contributed by atoms with Gasteiger partial charge in [0.15, 0.2) is 11.6 Å². The maximum atomic E-state index is 12.2. The second kappa shape index (κ2) is 6.82. The predicted molar refractivity (Wildman–Crippen MR) is 85.3 cm³/mol. The molecule has 0 spiro atoms. The van der Waals surface area contributed by atoms with Crippen LogP contribution in [-0.4, -0.2) is 37.8 Å². The van der Waals surface area contributed by atoms with Crippen LogP contribution in [0.2, 0.25) is 0 Å². The zero-order valence-electron chi connectivity index (χ0n) is 12.7. The number of aromatic nitrogens is 4. The van der Waals surface area contributed by atoms with E-state index in [9.17, 15) is 4.21 Å². The summed E-state index contributed by atoms with van der Waals surface area (Å²) in [4.78, 5) is 10.6. The van der Waals surface area contributed by atoms with E-state index < -0.39 is 10.8 Å². The third-order valence-corrected chi connectivity index (χ3v) is 5.69. The molecule has 1 aliphatic rings. The lowest BCUT2D eigenvalue weighted by atomic mass is 10.1. The highest BCUT2D eigenvalue weighted by molar-refractivity contribution is 7.83. The lowest BCUT2D eigenvalue weighted by Gasteiger charge is -2.04. The molecule has 0 radical (unpaired) electrons. The Morgan fingerprint density at radius 3 is 2.73 bits per heavy atom. The summed E-state index contributed by atoms with van der Waals surface area (Å²) in [6.07, 6.45) is 4.70. The molecule has 2 heterocycles. The standard InChI is InChI=1S/C13H19N5O2S2/c1-18(2)13-14-10(17-21-13)7-22(19)8-11-15-12(16-20-11)9-5-3-4-6-9/h9H,3-8H2,1-2H3. The van der Waals surface area contributed by atoms with Crippen molar-refractivity contribution in [2.45, 2.75) is 43.1 Å². The molecule has 9 heteroatoms. The van der Waals surface area contributed by atoms with Crippen molar-refractivity contribution in [3.05, 3.63) is 17.5 Å². The van der Waals surface area contributed by atoms with Crippen LogP contribution in [0.3, 0.4) is 0 Å². The number of hydrogen-bond acceptors (Lipinski definition) is 8. The van der Waals surface area contributed by atoms with E-state index in [1.54, 1.807) is 0 Å². The van der Waals surface area contributed by atoms with E-state index in [4.69, 9.17) is 4.52 Å². The average Bonchev–Trinajstić information content (AvgIpc) is 3.18. The molecule has 0 aromatic carbocycles. The number of anilines is 1. The quantitative estimate of drug-likeness (QED) is 0.795. The smallest absolute Gasteiger partial charge is 0.239 e. The van der Waals surface area contributed by atoms with Gasteiger partial charge in [-0.25, -0.2) is 4.98 Å². The second-order valence-corrected chi connectivity index (χ2v) is 7.83. The summed E-state index contributed by atoms with van der Waals surface area (Å²) in [5, 5.41) is 4.84. The summed E-state index contributed by atoms with van der Waals surface area (Å²) in [5.41, 5.74) is 0. The van der Waals surface area contributed by atoms with E-state index in [1.165, 1.54) is 24.4 Å². The van der Waals surface area contributed by atoms with Gasteiger partial charge in [-0.3, -0.25) is 4.21 Å². The molecule has 120 valence electrons. The van der Waals surface area contributed by atoms with Gasteiger partial charge in [-0.05, 0) is 12.8 Å². The minimum absolute atomic E-state index is 0.260. The molecule has 3 rings (SSSR count). The molecule has 2 aromatic heterocycles. The Kier molecular flexibility index (Phi) is 4.82. The predicted octanol–water partition coefficient (Wildman–Crippen LogP) is 2.09. The van der Waals surface area contributed by atoms with Gasteiger partial charge in [-0.15, -0.1) is 0 Å². The highest BCUT2D eigenvalue weighted by Crippen LogP contribution is 2.32. The van der Waals surface area contributed by atoms with Crippen molar-refractivity contribution in [1.82, 2.24) is 19.5 Å². The van der Waals surface area contributed by atoms with E-state index in [0.717, 1.165) is 23.8 Å². The summed E-state index contributed by atoms with van der Waals surface area (Å²) in [7, 11) is 2.67. The summed E-state index contributed by atoms with van der Waals surface area (Å²) in [5.74, 6) is 2.80.